The highest BCUT2D eigenvalue weighted by Crippen LogP contribution is 2.29. The average Bonchev–Trinajstić information content (AvgIpc) is 2.18. The average molecular weight is 213 g/mol. The molecule has 0 bridgehead atoms. The van der Waals surface area contributed by atoms with E-state index in [-0.39, 0.29) is 0 Å². The highest BCUT2D eigenvalue weighted by Gasteiger charge is 2.29. The smallest absolute Gasteiger partial charge is 0.198 e. The molecule has 0 N–H and O–H groups in total. The van der Waals surface area contributed by atoms with E-state index in [1.165, 1.54) is 12.1 Å². The second kappa shape index (κ2) is 4.83. The van der Waals surface area contributed by atoms with Crippen molar-refractivity contribution in [1.29, 1.82) is 5.26 Å². The third-order valence-corrected chi connectivity index (χ3v) is 2.04. The molecule has 0 saturated carbocycles. The Morgan fingerprint density at radius 2 is 1.73 bits per heavy atom. The van der Waals surface area contributed by atoms with Crippen LogP contribution in [0.25, 0.3) is 0 Å². The minimum atomic E-state index is -4.27. The molecule has 80 valence electrons. The quantitative estimate of drug-likeness (QED) is 0.704. The predicted octanol–water partition coefficient (Wildman–Crippen LogP) is 3.55. The molecular weight excluding hydrogens is 203 g/mol. The van der Waals surface area contributed by atoms with Crippen LogP contribution >= 0.6 is 0 Å². The lowest BCUT2D eigenvalue weighted by molar-refractivity contribution is -0.137. The van der Waals surface area contributed by atoms with E-state index in [0.29, 0.717) is 19.3 Å². The molecule has 0 atom stereocenters. The predicted molar refractivity (Wildman–Crippen MR) is 50.0 cm³/mol. The third kappa shape index (κ3) is 3.62. The van der Waals surface area contributed by atoms with Gasteiger partial charge in [-0.2, -0.15) is 18.4 Å². The lowest BCUT2D eigenvalue weighted by atomic mass is 10.1. The van der Waals surface area contributed by atoms with Crippen LogP contribution < -0.4 is 0 Å². The molecule has 0 aromatic heterocycles. The maximum Gasteiger partial charge on any atom is 0.416 e. The Hall–Kier alpha value is -1.50. The number of nitrogens with zero attached hydrogens (tertiary/aromatic N) is 1. The topological polar surface area (TPSA) is 23.8 Å². The zero-order valence-corrected chi connectivity index (χ0v) is 8.01. The second-order valence-electron chi connectivity index (χ2n) is 3.21. The van der Waals surface area contributed by atoms with E-state index < -0.39 is 11.7 Å². The first-order valence-corrected chi connectivity index (χ1v) is 4.57. The van der Waals surface area contributed by atoms with Crippen molar-refractivity contribution in [3.05, 3.63) is 35.4 Å². The molecule has 0 radical (unpaired) electrons. The van der Waals surface area contributed by atoms with Gasteiger partial charge in [-0.3, -0.25) is 0 Å². The number of hydrogen-bond acceptors (Lipinski definition) is 1. The van der Waals surface area contributed by atoms with Crippen LogP contribution in [0, 0.1) is 11.3 Å². The molecule has 1 rings (SSSR count). The monoisotopic (exact) mass is 213 g/mol. The largest absolute Gasteiger partial charge is 0.416 e. The van der Waals surface area contributed by atoms with Crippen LogP contribution in [0.1, 0.15) is 24.0 Å². The first-order valence-electron chi connectivity index (χ1n) is 4.57. The Morgan fingerprint density at radius 1 is 1.13 bits per heavy atom. The zero-order chi connectivity index (χ0) is 11.3. The molecule has 1 aromatic rings. The van der Waals surface area contributed by atoms with Gasteiger partial charge in [-0.05, 0) is 30.5 Å². The lowest BCUT2D eigenvalue weighted by Crippen LogP contribution is -2.04. The highest BCUT2D eigenvalue weighted by atomic mass is 19.4. The lowest BCUT2D eigenvalue weighted by Gasteiger charge is -2.06. The van der Waals surface area contributed by atoms with Gasteiger partial charge < -0.3 is 0 Å². The second-order valence-corrected chi connectivity index (χ2v) is 3.21. The fraction of sp³-hybridized carbons (Fsp3) is 0.364. The molecule has 0 unspecified atom stereocenters. The van der Waals surface area contributed by atoms with Crippen molar-refractivity contribution in [2.24, 2.45) is 0 Å². The van der Waals surface area contributed by atoms with Crippen LogP contribution in [0.4, 0.5) is 13.2 Å². The molecule has 0 aliphatic carbocycles. The molecule has 15 heavy (non-hydrogen) atoms. The van der Waals surface area contributed by atoms with E-state index in [2.05, 4.69) is 0 Å². The van der Waals surface area contributed by atoms with Gasteiger partial charge >= 0.3 is 6.18 Å². The van der Waals surface area contributed by atoms with Crippen LogP contribution in [-0.2, 0) is 12.6 Å². The van der Waals surface area contributed by atoms with E-state index >= 15 is 0 Å². The van der Waals surface area contributed by atoms with E-state index in [1.807, 2.05) is 6.07 Å². The fourth-order valence-corrected chi connectivity index (χ4v) is 1.23. The Kier molecular flexibility index (Phi) is 3.73. The maximum atomic E-state index is 12.2. The van der Waals surface area contributed by atoms with Crippen LogP contribution in [-0.4, -0.2) is 0 Å². The van der Waals surface area contributed by atoms with E-state index in [4.69, 9.17) is 5.26 Å². The SMILES string of the molecule is N#CCCCc1ccc(C(F)(F)F)cc1. The Labute approximate surface area is 86.1 Å². The van der Waals surface area contributed by atoms with Crippen LogP contribution in [0.15, 0.2) is 24.3 Å². The number of aryl methyl sites for hydroxylation is 1. The van der Waals surface area contributed by atoms with Gasteiger partial charge in [0.15, 0.2) is 0 Å². The normalized spacial score (nSPS) is 11.1. The highest BCUT2D eigenvalue weighted by molar-refractivity contribution is 5.24. The minimum absolute atomic E-state index is 0.432. The first kappa shape index (κ1) is 11.6. The summed E-state index contributed by atoms with van der Waals surface area (Å²) in [5.74, 6) is 0. The molecule has 1 nitrogen and oxygen atoms in total. The van der Waals surface area contributed by atoms with Crippen LogP contribution in [0.2, 0.25) is 0 Å². The molecular formula is C11H10F3N. The number of benzene rings is 1. The summed E-state index contributed by atoms with van der Waals surface area (Å²) in [6, 6.07) is 7.05. The molecule has 0 aliphatic rings. The van der Waals surface area contributed by atoms with Gasteiger partial charge in [0.2, 0.25) is 0 Å². The Bertz CT molecular complexity index is 346. The molecule has 0 heterocycles. The maximum absolute atomic E-state index is 12.2. The summed E-state index contributed by atoms with van der Waals surface area (Å²) in [6.45, 7) is 0. The van der Waals surface area contributed by atoms with Crippen molar-refractivity contribution in [1.82, 2.24) is 0 Å². The van der Waals surface area contributed by atoms with Gasteiger partial charge in [-0.1, -0.05) is 12.1 Å². The summed E-state index contributed by atoms with van der Waals surface area (Å²) in [5.41, 5.74) is 0.199. The van der Waals surface area contributed by atoms with Gasteiger partial charge in [-0.25, -0.2) is 0 Å². The Morgan fingerprint density at radius 3 is 2.20 bits per heavy atom. The number of unbranched alkanes of at least 4 members (excludes halogenated alkanes) is 1. The molecule has 0 amide bonds. The number of hydrogen-bond donors (Lipinski definition) is 0. The van der Waals surface area contributed by atoms with Crippen molar-refractivity contribution in [2.45, 2.75) is 25.4 Å². The van der Waals surface area contributed by atoms with E-state index in [9.17, 15) is 13.2 Å². The standard InChI is InChI=1S/C11H10F3N/c12-11(13,14)10-6-4-9(5-7-10)3-1-2-8-15/h4-7H,1-3H2. The van der Waals surface area contributed by atoms with Crippen LogP contribution in [0.3, 0.4) is 0 Å². The number of alkyl halides is 3. The van der Waals surface area contributed by atoms with Gasteiger partial charge in [0.1, 0.15) is 0 Å². The molecule has 4 heteroatoms. The minimum Gasteiger partial charge on any atom is -0.198 e. The van der Waals surface area contributed by atoms with Crippen LogP contribution in [0.5, 0.6) is 0 Å². The molecule has 0 spiro atoms. The van der Waals surface area contributed by atoms with Gasteiger partial charge in [0, 0.05) is 6.42 Å². The summed E-state index contributed by atoms with van der Waals surface area (Å²) < 4.78 is 36.5. The first-order chi connectivity index (χ1) is 7.04. The van der Waals surface area contributed by atoms with Crippen molar-refractivity contribution >= 4 is 0 Å². The summed E-state index contributed by atoms with van der Waals surface area (Å²) in [7, 11) is 0. The summed E-state index contributed by atoms with van der Waals surface area (Å²) in [6.07, 6.45) is -2.51. The van der Waals surface area contributed by atoms with E-state index in [0.717, 1.165) is 17.7 Å². The number of nitriles is 1. The zero-order valence-electron chi connectivity index (χ0n) is 8.01. The summed E-state index contributed by atoms with van der Waals surface area (Å²) >= 11 is 0. The van der Waals surface area contributed by atoms with Crippen molar-refractivity contribution in [3.63, 3.8) is 0 Å². The molecule has 0 aliphatic heterocycles. The van der Waals surface area contributed by atoms with Gasteiger partial charge in [-0.15, -0.1) is 0 Å². The molecule has 1 aromatic carbocycles. The van der Waals surface area contributed by atoms with Gasteiger partial charge in [0.25, 0.3) is 0 Å². The van der Waals surface area contributed by atoms with Gasteiger partial charge in [0.05, 0.1) is 11.6 Å². The summed E-state index contributed by atoms with van der Waals surface area (Å²) in [5, 5.41) is 8.30. The molecule has 0 fully saturated rings. The van der Waals surface area contributed by atoms with Crippen molar-refractivity contribution < 1.29 is 13.2 Å². The fourth-order valence-electron chi connectivity index (χ4n) is 1.23. The number of rotatable bonds is 3. The molecule has 0 saturated heterocycles. The third-order valence-electron chi connectivity index (χ3n) is 2.04. The van der Waals surface area contributed by atoms with E-state index in [1.54, 1.807) is 0 Å². The van der Waals surface area contributed by atoms with Crippen molar-refractivity contribution in [2.75, 3.05) is 0 Å². The number of halogens is 3. The summed E-state index contributed by atoms with van der Waals surface area (Å²) in [4.78, 5) is 0. The van der Waals surface area contributed by atoms with Crippen molar-refractivity contribution in [3.8, 4) is 6.07 Å². The Balaban J connectivity index is 2.61.